The Bertz CT molecular complexity index is 583. The Morgan fingerprint density at radius 1 is 1.35 bits per heavy atom. The number of aromatic amines is 1. The van der Waals surface area contributed by atoms with Crippen LogP contribution in [0.2, 0.25) is 0 Å². The molecule has 2 aliphatic rings. The van der Waals surface area contributed by atoms with Crippen molar-refractivity contribution in [1.82, 2.24) is 10.3 Å². The summed E-state index contributed by atoms with van der Waals surface area (Å²) in [5.41, 5.74) is 0.728. The summed E-state index contributed by atoms with van der Waals surface area (Å²) in [4.78, 5) is 3.22. The van der Waals surface area contributed by atoms with Crippen LogP contribution in [0.1, 0.15) is 44.0 Å². The van der Waals surface area contributed by atoms with E-state index in [9.17, 15) is 10.2 Å². The molecule has 20 heavy (non-hydrogen) atoms. The predicted molar refractivity (Wildman–Crippen MR) is 79.6 cm³/mol. The van der Waals surface area contributed by atoms with E-state index < -0.39 is 6.23 Å². The normalized spacial score (nSPS) is 31.1. The fourth-order valence-corrected chi connectivity index (χ4v) is 3.28. The number of aromatic nitrogens is 1. The van der Waals surface area contributed by atoms with Crippen LogP contribution in [0.3, 0.4) is 0 Å². The van der Waals surface area contributed by atoms with E-state index in [0.717, 1.165) is 48.4 Å². The van der Waals surface area contributed by atoms with Crippen molar-refractivity contribution in [2.24, 2.45) is 0 Å². The lowest BCUT2D eigenvalue weighted by Crippen LogP contribution is -2.43. The molecular weight excluding hydrogens is 276 g/mol. The fourth-order valence-electron chi connectivity index (χ4n) is 3.05. The third-order valence-corrected chi connectivity index (χ3v) is 4.51. The molecule has 0 aliphatic heterocycles. The van der Waals surface area contributed by atoms with Gasteiger partial charge in [0, 0.05) is 11.4 Å². The van der Waals surface area contributed by atoms with Crippen molar-refractivity contribution in [2.75, 3.05) is 0 Å². The molecule has 0 spiro atoms. The van der Waals surface area contributed by atoms with E-state index in [2.05, 4.69) is 16.4 Å². The average molecular weight is 297 g/mol. The first kappa shape index (κ1) is 14.1. The lowest BCUT2D eigenvalue weighted by molar-refractivity contribution is 0.0415. The lowest BCUT2D eigenvalue weighted by Gasteiger charge is -2.30. The Labute approximate surface area is 123 Å². The number of halogens is 1. The minimum absolute atomic E-state index is 0.0245. The molecule has 110 valence electrons. The van der Waals surface area contributed by atoms with Gasteiger partial charge >= 0.3 is 0 Å². The Morgan fingerprint density at radius 3 is 2.95 bits per heavy atom. The zero-order valence-corrected chi connectivity index (χ0v) is 12.1. The summed E-state index contributed by atoms with van der Waals surface area (Å²) in [5, 5.41) is 25.4. The molecule has 1 aromatic rings. The molecule has 1 fully saturated rings. The quantitative estimate of drug-likeness (QED) is 0.484. The molecule has 3 rings (SSSR count). The number of hydrogen-bond acceptors (Lipinski definition) is 3. The summed E-state index contributed by atoms with van der Waals surface area (Å²) in [6.45, 7) is 0. The number of H-pyrrole nitrogens is 1. The zero-order chi connectivity index (χ0) is 14.1. The summed E-state index contributed by atoms with van der Waals surface area (Å²) in [5.74, 6) is 0. The number of fused-ring (bicyclic) bond motifs is 1. The number of hydrogen-bond donors (Lipinski definition) is 4. The second-order valence-electron chi connectivity index (χ2n) is 5.74. The van der Waals surface area contributed by atoms with Crippen LogP contribution in [0.15, 0.2) is 6.07 Å². The van der Waals surface area contributed by atoms with Gasteiger partial charge in [0.25, 0.3) is 0 Å². The highest BCUT2D eigenvalue weighted by atomic mass is 35.5. The monoisotopic (exact) mass is 296 g/mol. The molecule has 2 aliphatic carbocycles. The maximum absolute atomic E-state index is 10.3. The lowest BCUT2D eigenvalue weighted by atomic mass is 9.92. The topological polar surface area (TPSA) is 68.3 Å². The van der Waals surface area contributed by atoms with Gasteiger partial charge in [0.05, 0.1) is 17.2 Å². The van der Waals surface area contributed by atoms with Gasteiger partial charge in [-0.2, -0.15) is 0 Å². The first-order valence-corrected chi connectivity index (χ1v) is 7.74. The number of rotatable bonds is 3. The molecule has 5 heteroatoms. The van der Waals surface area contributed by atoms with E-state index in [4.69, 9.17) is 11.6 Å². The molecule has 0 saturated heterocycles. The maximum Gasteiger partial charge on any atom is 0.146 e. The molecule has 0 bridgehead atoms. The van der Waals surface area contributed by atoms with Crippen molar-refractivity contribution >= 4 is 23.8 Å². The van der Waals surface area contributed by atoms with Gasteiger partial charge in [0.15, 0.2) is 0 Å². The van der Waals surface area contributed by atoms with E-state index in [-0.39, 0.29) is 17.5 Å². The van der Waals surface area contributed by atoms with E-state index in [1.807, 2.05) is 12.1 Å². The maximum atomic E-state index is 10.3. The molecule has 1 saturated carbocycles. The number of aliphatic hydroxyl groups is 2. The summed E-state index contributed by atoms with van der Waals surface area (Å²) in [7, 11) is 0. The fraction of sp³-hybridized carbons (Fsp3) is 0.600. The molecule has 1 heterocycles. The van der Waals surface area contributed by atoms with E-state index in [1.54, 1.807) is 0 Å². The largest absolute Gasteiger partial charge is 0.392 e. The van der Waals surface area contributed by atoms with E-state index >= 15 is 0 Å². The van der Waals surface area contributed by atoms with Crippen LogP contribution in [-0.2, 0) is 0 Å². The van der Waals surface area contributed by atoms with Crippen LogP contribution in [0.4, 0.5) is 0 Å². The summed E-state index contributed by atoms with van der Waals surface area (Å²) >= 11 is 6.10. The minimum Gasteiger partial charge on any atom is -0.392 e. The average Bonchev–Trinajstić information content (AvgIpc) is 2.84. The van der Waals surface area contributed by atoms with Crippen molar-refractivity contribution in [3.63, 3.8) is 0 Å². The van der Waals surface area contributed by atoms with Crippen molar-refractivity contribution in [1.29, 1.82) is 0 Å². The first-order valence-electron chi connectivity index (χ1n) is 7.31. The minimum atomic E-state index is -0.783. The van der Waals surface area contributed by atoms with Crippen LogP contribution in [0, 0.1) is 0 Å². The molecule has 1 aromatic heterocycles. The van der Waals surface area contributed by atoms with Gasteiger partial charge < -0.3 is 15.2 Å². The summed E-state index contributed by atoms with van der Waals surface area (Å²) in [6, 6.07) is 1.89. The van der Waals surface area contributed by atoms with Gasteiger partial charge in [-0.1, -0.05) is 25.0 Å². The summed E-state index contributed by atoms with van der Waals surface area (Å²) < 4.78 is 0. The van der Waals surface area contributed by atoms with Crippen LogP contribution in [0.25, 0.3) is 12.2 Å². The van der Waals surface area contributed by atoms with Crippen molar-refractivity contribution < 1.29 is 10.2 Å². The summed E-state index contributed by atoms with van der Waals surface area (Å²) in [6.07, 6.45) is 7.58. The number of nitrogens with one attached hydrogen (secondary N) is 2. The highest BCUT2D eigenvalue weighted by Crippen LogP contribution is 2.20. The van der Waals surface area contributed by atoms with Gasteiger partial charge in [-0.05, 0) is 30.5 Å². The van der Waals surface area contributed by atoms with Crippen LogP contribution in [-0.4, -0.2) is 32.7 Å². The van der Waals surface area contributed by atoms with E-state index in [1.165, 1.54) is 0 Å². The second-order valence-corrected chi connectivity index (χ2v) is 6.30. The van der Waals surface area contributed by atoms with Crippen LogP contribution >= 0.6 is 11.6 Å². The SMILES string of the molecule is OC(NC1CCCCC1O)c1cc2c([nH]1)=CCC(Cl)C=2. The zero-order valence-electron chi connectivity index (χ0n) is 11.3. The highest BCUT2D eigenvalue weighted by molar-refractivity contribution is 6.24. The molecule has 4 atom stereocenters. The third kappa shape index (κ3) is 2.93. The van der Waals surface area contributed by atoms with Gasteiger partial charge in [-0.25, -0.2) is 0 Å². The number of alkyl halides is 1. The predicted octanol–water partition coefficient (Wildman–Crippen LogP) is 0.471. The standard InChI is InChI=1S/C15H21ClN2O2/c16-10-5-6-11-9(7-10)8-13(17-11)15(20)18-12-3-1-2-4-14(12)19/h6-8,10,12,14-15,17-20H,1-5H2. The van der Waals surface area contributed by atoms with Gasteiger partial charge in [0.2, 0.25) is 0 Å². The smallest absolute Gasteiger partial charge is 0.146 e. The van der Waals surface area contributed by atoms with Gasteiger partial charge in [0.1, 0.15) is 6.23 Å². The molecule has 0 radical (unpaired) electrons. The number of aliphatic hydroxyl groups excluding tert-OH is 2. The molecule has 4 nitrogen and oxygen atoms in total. The Kier molecular flexibility index (Phi) is 4.17. The Hall–Kier alpha value is -0.810. The van der Waals surface area contributed by atoms with Crippen molar-refractivity contribution in [3.8, 4) is 0 Å². The molecule has 0 amide bonds. The molecular formula is C15H21ClN2O2. The molecule has 4 N–H and O–H groups in total. The highest BCUT2D eigenvalue weighted by Gasteiger charge is 2.25. The molecule has 0 aromatic carbocycles. The molecule has 4 unspecified atom stereocenters. The first-order chi connectivity index (χ1) is 9.63. The van der Waals surface area contributed by atoms with Crippen LogP contribution in [0.5, 0.6) is 0 Å². The second kappa shape index (κ2) is 5.90. The Morgan fingerprint density at radius 2 is 2.15 bits per heavy atom. The Balaban J connectivity index is 1.75. The van der Waals surface area contributed by atoms with Crippen molar-refractivity contribution in [2.45, 2.75) is 55.9 Å². The van der Waals surface area contributed by atoms with Crippen LogP contribution < -0.4 is 15.9 Å². The van der Waals surface area contributed by atoms with Gasteiger partial charge in [-0.3, -0.25) is 5.32 Å². The van der Waals surface area contributed by atoms with E-state index in [0.29, 0.717) is 0 Å². The van der Waals surface area contributed by atoms with Crippen molar-refractivity contribution in [3.05, 3.63) is 22.3 Å². The van der Waals surface area contributed by atoms with Gasteiger partial charge in [-0.15, -0.1) is 11.6 Å². The third-order valence-electron chi connectivity index (χ3n) is 4.20.